The SMILES string of the molecule is COc1ccc(C#Cc2cccc(-n3cc4c(n3)C(c3ccccc3)CC4)c2)cn1. The standard InChI is InChI=1S/C26H21N3O/c1-30-25-15-12-20(17-27-25)11-10-19-6-5-9-23(16-19)29-18-22-13-14-24(26(22)28-29)21-7-3-2-4-8-21/h2-9,12,15-18,24H,13-14H2,1H3. The van der Waals surface area contributed by atoms with Crippen LogP contribution in [0.25, 0.3) is 5.69 Å². The second-order valence-electron chi connectivity index (χ2n) is 7.38. The van der Waals surface area contributed by atoms with Gasteiger partial charge in [0.15, 0.2) is 0 Å². The van der Waals surface area contributed by atoms with Crippen molar-refractivity contribution in [1.29, 1.82) is 0 Å². The zero-order valence-corrected chi connectivity index (χ0v) is 16.7. The van der Waals surface area contributed by atoms with E-state index >= 15 is 0 Å². The maximum Gasteiger partial charge on any atom is 0.212 e. The third kappa shape index (κ3) is 3.58. The zero-order chi connectivity index (χ0) is 20.3. The Kier molecular flexibility index (Phi) is 4.78. The van der Waals surface area contributed by atoms with Crippen LogP contribution >= 0.6 is 0 Å². The summed E-state index contributed by atoms with van der Waals surface area (Å²) >= 11 is 0. The van der Waals surface area contributed by atoms with Gasteiger partial charge in [0.05, 0.1) is 18.5 Å². The number of aryl methyl sites for hydroxylation is 1. The van der Waals surface area contributed by atoms with E-state index in [1.165, 1.54) is 16.8 Å². The Bertz CT molecular complexity index is 1230. The highest BCUT2D eigenvalue weighted by atomic mass is 16.5. The lowest BCUT2D eigenvalue weighted by Crippen LogP contribution is -2.01. The molecule has 0 saturated heterocycles. The Morgan fingerprint density at radius 1 is 0.967 bits per heavy atom. The number of fused-ring (bicyclic) bond motifs is 1. The summed E-state index contributed by atoms with van der Waals surface area (Å²) < 4.78 is 7.07. The van der Waals surface area contributed by atoms with E-state index in [0.29, 0.717) is 11.8 Å². The molecule has 0 bridgehead atoms. The highest BCUT2D eigenvalue weighted by Gasteiger charge is 2.27. The molecule has 1 aliphatic carbocycles. The van der Waals surface area contributed by atoms with Gasteiger partial charge < -0.3 is 4.74 Å². The molecule has 0 amide bonds. The lowest BCUT2D eigenvalue weighted by molar-refractivity contribution is 0.398. The summed E-state index contributed by atoms with van der Waals surface area (Å²) in [5.74, 6) is 7.35. The minimum absolute atomic E-state index is 0.382. The molecule has 4 aromatic rings. The van der Waals surface area contributed by atoms with Crippen LogP contribution in [0.2, 0.25) is 0 Å². The van der Waals surface area contributed by atoms with E-state index in [-0.39, 0.29) is 0 Å². The van der Waals surface area contributed by atoms with Crippen molar-refractivity contribution in [1.82, 2.24) is 14.8 Å². The predicted octanol–water partition coefficient (Wildman–Crippen LogP) is 4.75. The summed E-state index contributed by atoms with van der Waals surface area (Å²) in [6, 6.07) is 22.6. The molecule has 0 saturated carbocycles. The van der Waals surface area contributed by atoms with Crippen molar-refractivity contribution < 1.29 is 4.74 Å². The van der Waals surface area contributed by atoms with Crippen LogP contribution in [0.3, 0.4) is 0 Å². The molecule has 0 radical (unpaired) electrons. The summed E-state index contributed by atoms with van der Waals surface area (Å²) in [6.07, 6.45) is 6.08. The third-order valence-corrected chi connectivity index (χ3v) is 5.46. The van der Waals surface area contributed by atoms with Crippen LogP contribution in [0.15, 0.2) is 79.1 Å². The number of pyridine rings is 1. The van der Waals surface area contributed by atoms with Gasteiger partial charge in [-0.3, -0.25) is 0 Å². The first kappa shape index (κ1) is 18.2. The minimum atomic E-state index is 0.382. The van der Waals surface area contributed by atoms with Crippen molar-refractivity contribution in [3.63, 3.8) is 0 Å². The quantitative estimate of drug-likeness (QED) is 0.473. The molecule has 2 aromatic heterocycles. The summed E-state index contributed by atoms with van der Waals surface area (Å²) in [5.41, 5.74) is 6.69. The molecule has 1 unspecified atom stereocenters. The van der Waals surface area contributed by atoms with Crippen molar-refractivity contribution in [3.8, 4) is 23.4 Å². The van der Waals surface area contributed by atoms with E-state index < -0.39 is 0 Å². The molecule has 30 heavy (non-hydrogen) atoms. The van der Waals surface area contributed by atoms with E-state index in [9.17, 15) is 0 Å². The Morgan fingerprint density at radius 2 is 1.83 bits per heavy atom. The zero-order valence-electron chi connectivity index (χ0n) is 16.7. The number of rotatable bonds is 3. The maximum atomic E-state index is 5.09. The second-order valence-corrected chi connectivity index (χ2v) is 7.38. The van der Waals surface area contributed by atoms with Crippen molar-refractivity contribution in [2.24, 2.45) is 0 Å². The van der Waals surface area contributed by atoms with E-state index in [0.717, 1.165) is 29.7 Å². The molecule has 2 aromatic carbocycles. The molecule has 0 spiro atoms. The molecule has 4 nitrogen and oxygen atoms in total. The molecule has 1 aliphatic rings. The first-order chi connectivity index (χ1) is 14.8. The van der Waals surface area contributed by atoms with Gasteiger partial charge in [0.1, 0.15) is 0 Å². The van der Waals surface area contributed by atoms with E-state index in [2.05, 4.69) is 65.5 Å². The number of hydrogen-bond acceptors (Lipinski definition) is 3. The van der Waals surface area contributed by atoms with Crippen LogP contribution in [0.4, 0.5) is 0 Å². The fraction of sp³-hybridized carbons (Fsp3) is 0.154. The normalized spacial score (nSPS) is 14.6. The van der Waals surface area contributed by atoms with Gasteiger partial charge in [0, 0.05) is 35.5 Å². The van der Waals surface area contributed by atoms with E-state index in [1.54, 1.807) is 13.3 Å². The number of hydrogen-bond donors (Lipinski definition) is 0. The van der Waals surface area contributed by atoms with Gasteiger partial charge in [-0.2, -0.15) is 5.10 Å². The molecular weight excluding hydrogens is 370 g/mol. The molecule has 5 rings (SSSR count). The van der Waals surface area contributed by atoms with Crippen LogP contribution in [-0.2, 0) is 6.42 Å². The predicted molar refractivity (Wildman–Crippen MR) is 117 cm³/mol. The van der Waals surface area contributed by atoms with Crippen LogP contribution in [-0.4, -0.2) is 21.9 Å². The average molecular weight is 391 g/mol. The van der Waals surface area contributed by atoms with Crippen molar-refractivity contribution in [3.05, 3.63) is 107 Å². The number of methoxy groups -OCH3 is 1. The molecule has 0 fully saturated rings. The highest BCUT2D eigenvalue weighted by Crippen LogP contribution is 2.37. The summed E-state index contributed by atoms with van der Waals surface area (Å²) in [5, 5.41) is 4.94. The van der Waals surface area contributed by atoms with Crippen molar-refractivity contribution >= 4 is 0 Å². The van der Waals surface area contributed by atoms with Gasteiger partial charge in [-0.25, -0.2) is 9.67 Å². The molecule has 0 aliphatic heterocycles. The Morgan fingerprint density at radius 3 is 2.63 bits per heavy atom. The smallest absolute Gasteiger partial charge is 0.212 e. The molecular formula is C26H21N3O. The Balaban J connectivity index is 1.41. The third-order valence-electron chi connectivity index (χ3n) is 5.46. The number of nitrogens with zero attached hydrogens (tertiary/aromatic N) is 3. The second kappa shape index (κ2) is 7.88. The summed E-state index contributed by atoms with van der Waals surface area (Å²) in [7, 11) is 1.60. The molecule has 4 heteroatoms. The largest absolute Gasteiger partial charge is 0.481 e. The van der Waals surface area contributed by atoms with Crippen molar-refractivity contribution in [2.45, 2.75) is 18.8 Å². The first-order valence-electron chi connectivity index (χ1n) is 10.1. The molecule has 2 heterocycles. The van der Waals surface area contributed by atoms with Gasteiger partial charge in [-0.15, -0.1) is 0 Å². The molecule has 146 valence electrons. The lowest BCUT2D eigenvalue weighted by atomic mass is 9.97. The van der Waals surface area contributed by atoms with Crippen molar-refractivity contribution in [2.75, 3.05) is 7.11 Å². The molecule has 1 atom stereocenters. The number of benzene rings is 2. The van der Waals surface area contributed by atoms with Crippen LogP contribution in [0, 0.1) is 11.8 Å². The highest BCUT2D eigenvalue weighted by molar-refractivity contribution is 5.48. The Labute approximate surface area is 176 Å². The molecule has 0 N–H and O–H groups in total. The fourth-order valence-corrected chi connectivity index (χ4v) is 3.93. The topological polar surface area (TPSA) is 39.9 Å². The van der Waals surface area contributed by atoms with Crippen LogP contribution in [0.1, 0.15) is 40.3 Å². The number of ether oxygens (including phenoxy) is 1. The minimum Gasteiger partial charge on any atom is -0.481 e. The van der Waals surface area contributed by atoms with Crippen LogP contribution < -0.4 is 4.74 Å². The summed E-state index contributed by atoms with van der Waals surface area (Å²) in [6.45, 7) is 0. The monoisotopic (exact) mass is 391 g/mol. The Hall–Kier alpha value is -3.84. The number of aromatic nitrogens is 3. The fourth-order valence-electron chi connectivity index (χ4n) is 3.93. The average Bonchev–Trinajstić information content (AvgIpc) is 3.40. The van der Waals surface area contributed by atoms with Gasteiger partial charge in [-0.1, -0.05) is 48.2 Å². The summed E-state index contributed by atoms with van der Waals surface area (Å²) in [4.78, 5) is 4.20. The van der Waals surface area contributed by atoms with E-state index in [4.69, 9.17) is 9.84 Å². The van der Waals surface area contributed by atoms with Gasteiger partial charge in [0.2, 0.25) is 5.88 Å². The van der Waals surface area contributed by atoms with E-state index in [1.807, 2.05) is 28.9 Å². The maximum absolute atomic E-state index is 5.09. The van der Waals surface area contributed by atoms with Gasteiger partial charge in [0.25, 0.3) is 0 Å². The van der Waals surface area contributed by atoms with Gasteiger partial charge >= 0.3 is 0 Å². The lowest BCUT2D eigenvalue weighted by Gasteiger charge is -2.10. The van der Waals surface area contributed by atoms with Gasteiger partial charge in [-0.05, 0) is 48.2 Å². The first-order valence-corrected chi connectivity index (χ1v) is 10.1. The van der Waals surface area contributed by atoms with Crippen LogP contribution in [0.5, 0.6) is 5.88 Å².